The Hall–Kier alpha value is -2.63. The van der Waals surface area contributed by atoms with Gasteiger partial charge in [0.05, 0.1) is 5.69 Å². The quantitative estimate of drug-likeness (QED) is 0.477. The number of nitrogens with zero attached hydrogens (tertiary/aromatic N) is 1. The van der Waals surface area contributed by atoms with E-state index < -0.39 is 0 Å². The van der Waals surface area contributed by atoms with Gasteiger partial charge < -0.3 is 10.4 Å². The predicted molar refractivity (Wildman–Crippen MR) is 114 cm³/mol. The summed E-state index contributed by atoms with van der Waals surface area (Å²) < 4.78 is 0.873. The first kappa shape index (κ1) is 19.1. The van der Waals surface area contributed by atoms with Crippen LogP contribution >= 0.6 is 27.5 Å². The Labute approximate surface area is 170 Å². The predicted octanol–water partition coefficient (Wildman–Crippen LogP) is 6.12. The van der Waals surface area contributed by atoms with Gasteiger partial charge in [-0.05, 0) is 67.1 Å². The van der Waals surface area contributed by atoms with E-state index in [1.54, 1.807) is 60.8 Å². The Morgan fingerprint density at radius 3 is 2.59 bits per heavy atom. The minimum absolute atomic E-state index is 0.201. The number of halogens is 2. The number of nitrogens with one attached hydrogen (secondary N) is 1. The van der Waals surface area contributed by atoms with Crippen LogP contribution in [0.1, 0.15) is 21.5 Å². The van der Waals surface area contributed by atoms with Gasteiger partial charge in [-0.2, -0.15) is 0 Å². The second-order valence-corrected chi connectivity index (χ2v) is 7.28. The van der Waals surface area contributed by atoms with Gasteiger partial charge in [0.2, 0.25) is 0 Å². The maximum Gasteiger partial charge on any atom is 0.255 e. The Kier molecular flexibility index (Phi) is 5.94. The van der Waals surface area contributed by atoms with E-state index in [9.17, 15) is 9.90 Å². The van der Waals surface area contributed by atoms with Crippen molar-refractivity contribution in [2.45, 2.75) is 6.92 Å². The lowest BCUT2D eigenvalue weighted by molar-refractivity contribution is 0.102. The summed E-state index contributed by atoms with van der Waals surface area (Å²) in [6, 6.07) is 17.5. The van der Waals surface area contributed by atoms with Gasteiger partial charge in [-0.3, -0.25) is 9.79 Å². The molecular weight excluding hydrogens is 428 g/mol. The van der Waals surface area contributed by atoms with E-state index in [1.807, 2.05) is 13.0 Å². The largest absolute Gasteiger partial charge is 0.507 e. The van der Waals surface area contributed by atoms with Crippen LogP contribution in [0.3, 0.4) is 0 Å². The summed E-state index contributed by atoms with van der Waals surface area (Å²) in [5.41, 5.74) is 3.24. The second kappa shape index (κ2) is 8.37. The van der Waals surface area contributed by atoms with Crippen LogP contribution in [0.25, 0.3) is 0 Å². The van der Waals surface area contributed by atoms with E-state index in [2.05, 4.69) is 26.2 Å². The lowest BCUT2D eigenvalue weighted by atomic mass is 10.1. The topological polar surface area (TPSA) is 61.7 Å². The van der Waals surface area contributed by atoms with Gasteiger partial charge in [0, 0.05) is 32.5 Å². The number of hydrogen-bond acceptors (Lipinski definition) is 3. The fourth-order valence-corrected chi connectivity index (χ4v) is 3.25. The first-order chi connectivity index (χ1) is 12.9. The molecule has 0 heterocycles. The van der Waals surface area contributed by atoms with E-state index in [0.29, 0.717) is 27.5 Å². The van der Waals surface area contributed by atoms with Crippen molar-refractivity contribution in [3.63, 3.8) is 0 Å². The van der Waals surface area contributed by atoms with Crippen molar-refractivity contribution in [2.24, 2.45) is 4.99 Å². The van der Waals surface area contributed by atoms with E-state index in [1.165, 1.54) is 0 Å². The maximum absolute atomic E-state index is 12.2. The zero-order valence-electron chi connectivity index (χ0n) is 14.4. The summed E-state index contributed by atoms with van der Waals surface area (Å²) in [5.74, 6) is -0.0318. The smallest absolute Gasteiger partial charge is 0.255 e. The van der Waals surface area contributed by atoms with Gasteiger partial charge in [0.25, 0.3) is 5.91 Å². The van der Waals surface area contributed by atoms with Gasteiger partial charge >= 0.3 is 0 Å². The molecule has 3 aromatic rings. The zero-order chi connectivity index (χ0) is 19.4. The number of phenolic OH excluding ortho intramolecular Hbond substituents is 1. The number of aryl methyl sites for hydroxylation is 1. The third-order valence-electron chi connectivity index (χ3n) is 3.86. The highest BCUT2D eigenvalue weighted by Crippen LogP contribution is 2.26. The van der Waals surface area contributed by atoms with Crippen LogP contribution in [-0.2, 0) is 0 Å². The summed E-state index contributed by atoms with van der Waals surface area (Å²) in [5, 5.41) is 13.4. The van der Waals surface area contributed by atoms with Gasteiger partial charge in [-0.1, -0.05) is 33.6 Å². The molecule has 0 aromatic heterocycles. The molecule has 0 aliphatic carbocycles. The number of rotatable bonds is 4. The third-order valence-corrected chi connectivity index (χ3v) is 4.55. The Balaban J connectivity index is 1.71. The molecule has 0 bridgehead atoms. The van der Waals surface area contributed by atoms with Crippen molar-refractivity contribution < 1.29 is 9.90 Å². The average Bonchev–Trinajstić information content (AvgIpc) is 2.64. The van der Waals surface area contributed by atoms with Crippen molar-refractivity contribution in [1.29, 1.82) is 0 Å². The number of amides is 1. The van der Waals surface area contributed by atoms with Crippen molar-refractivity contribution in [1.82, 2.24) is 0 Å². The minimum atomic E-state index is -0.233. The second-order valence-electron chi connectivity index (χ2n) is 5.93. The first-order valence-corrected chi connectivity index (χ1v) is 9.29. The third kappa shape index (κ3) is 4.96. The molecule has 0 spiro atoms. The molecule has 2 N–H and O–H groups in total. The molecule has 0 saturated heterocycles. The van der Waals surface area contributed by atoms with E-state index >= 15 is 0 Å². The molecule has 0 aliphatic heterocycles. The number of benzene rings is 3. The molecular formula is C21H16BrClN2O2. The molecule has 3 rings (SSSR count). The van der Waals surface area contributed by atoms with Crippen LogP contribution in [0.4, 0.5) is 11.4 Å². The molecule has 136 valence electrons. The fraction of sp³-hybridized carbons (Fsp3) is 0.0476. The monoisotopic (exact) mass is 442 g/mol. The highest BCUT2D eigenvalue weighted by Gasteiger charge is 2.07. The number of hydrogen-bond donors (Lipinski definition) is 2. The number of aromatic hydroxyl groups is 1. The lowest BCUT2D eigenvalue weighted by Crippen LogP contribution is -2.11. The number of aliphatic imine (C=N–C) groups is 1. The zero-order valence-corrected chi connectivity index (χ0v) is 16.8. The highest BCUT2D eigenvalue weighted by molar-refractivity contribution is 9.10. The molecule has 0 aliphatic rings. The van der Waals surface area contributed by atoms with Crippen LogP contribution in [0.15, 0.2) is 70.1 Å². The minimum Gasteiger partial charge on any atom is -0.507 e. The molecule has 3 aromatic carbocycles. The molecule has 0 saturated carbocycles. The van der Waals surface area contributed by atoms with Gasteiger partial charge in [0.1, 0.15) is 5.75 Å². The van der Waals surface area contributed by atoms with Crippen molar-refractivity contribution in [3.05, 3.63) is 86.8 Å². The van der Waals surface area contributed by atoms with Gasteiger partial charge in [-0.25, -0.2) is 0 Å². The molecule has 0 unspecified atom stereocenters. The van der Waals surface area contributed by atoms with Crippen LogP contribution < -0.4 is 5.32 Å². The molecule has 27 heavy (non-hydrogen) atoms. The van der Waals surface area contributed by atoms with Crippen LogP contribution in [0.5, 0.6) is 5.75 Å². The number of anilines is 1. The summed E-state index contributed by atoms with van der Waals surface area (Å²) >= 11 is 9.32. The Morgan fingerprint density at radius 1 is 1.15 bits per heavy atom. The van der Waals surface area contributed by atoms with E-state index in [4.69, 9.17) is 11.6 Å². The first-order valence-electron chi connectivity index (χ1n) is 8.12. The average molecular weight is 444 g/mol. The maximum atomic E-state index is 12.2. The number of phenols is 1. The fourth-order valence-electron chi connectivity index (χ4n) is 2.47. The number of carbonyl (C=O) groups excluding carboxylic acids is 1. The van der Waals surface area contributed by atoms with E-state index in [0.717, 1.165) is 10.0 Å². The molecule has 0 atom stereocenters. The highest BCUT2D eigenvalue weighted by atomic mass is 79.9. The van der Waals surface area contributed by atoms with Crippen molar-refractivity contribution >= 4 is 51.0 Å². The van der Waals surface area contributed by atoms with Crippen molar-refractivity contribution in [2.75, 3.05) is 5.32 Å². The van der Waals surface area contributed by atoms with Crippen molar-refractivity contribution in [3.8, 4) is 5.75 Å². The lowest BCUT2D eigenvalue weighted by Gasteiger charge is -2.06. The SMILES string of the molecule is Cc1cc(Br)cc(C=Nc2ccc(NC(=O)c3cccc(Cl)c3)cc2)c1O. The van der Waals surface area contributed by atoms with Crippen LogP contribution in [0.2, 0.25) is 5.02 Å². The Bertz CT molecular complexity index is 1020. The molecule has 6 heteroatoms. The standard InChI is InChI=1S/C21H16BrClN2O2/c1-13-9-16(22)10-15(20(13)26)12-24-18-5-7-19(8-6-18)25-21(27)14-3-2-4-17(23)11-14/h2-12,26H,1H3,(H,25,27). The van der Waals surface area contributed by atoms with Gasteiger partial charge in [0.15, 0.2) is 0 Å². The Morgan fingerprint density at radius 2 is 1.89 bits per heavy atom. The normalized spacial score (nSPS) is 10.9. The van der Waals surface area contributed by atoms with E-state index in [-0.39, 0.29) is 11.7 Å². The summed E-state index contributed by atoms with van der Waals surface area (Å²) in [7, 11) is 0. The summed E-state index contributed by atoms with van der Waals surface area (Å²) in [4.78, 5) is 16.6. The molecule has 1 amide bonds. The van der Waals surface area contributed by atoms with Crippen LogP contribution in [-0.4, -0.2) is 17.2 Å². The molecule has 4 nitrogen and oxygen atoms in total. The molecule has 0 fully saturated rings. The summed E-state index contributed by atoms with van der Waals surface area (Å²) in [6.07, 6.45) is 1.60. The van der Waals surface area contributed by atoms with Gasteiger partial charge in [-0.15, -0.1) is 0 Å². The number of carbonyl (C=O) groups is 1. The van der Waals surface area contributed by atoms with Crippen LogP contribution in [0, 0.1) is 6.92 Å². The summed E-state index contributed by atoms with van der Waals surface area (Å²) in [6.45, 7) is 1.83. The molecule has 0 radical (unpaired) electrons.